The van der Waals surface area contributed by atoms with Crippen molar-refractivity contribution in [3.63, 3.8) is 0 Å². The number of amides is 1. The third-order valence-corrected chi connectivity index (χ3v) is 2.23. The molecule has 0 atom stereocenters. The molecule has 0 saturated heterocycles. The highest BCUT2D eigenvalue weighted by Gasteiger charge is 2.16. The fourth-order valence-electron chi connectivity index (χ4n) is 1.52. The molecule has 17 heavy (non-hydrogen) atoms. The lowest BCUT2D eigenvalue weighted by molar-refractivity contribution is -0.119. The standard InChI is InChI=1S/C11H16N2O4/c1-7-9(11(15)16-3)4-8(17-7)5-13(2)6-10(12)14/h4H,5-6H2,1-3H3,(H2,12,14). The van der Waals surface area contributed by atoms with E-state index in [1.54, 1.807) is 24.9 Å². The summed E-state index contributed by atoms with van der Waals surface area (Å²) in [7, 11) is 3.05. The van der Waals surface area contributed by atoms with Crippen molar-refractivity contribution in [2.24, 2.45) is 5.73 Å². The summed E-state index contributed by atoms with van der Waals surface area (Å²) in [6.07, 6.45) is 0. The fourth-order valence-corrected chi connectivity index (χ4v) is 1.52. The minimum atomic E-state index is -0.435. The molecular weight excluding hydrogens is 224 g/mol. The van der Waals surface area contributed by atoms with Gasteiger partial charge >= 0.3 is 5.97 Å². The lowest BCUT2D eigenvalue weighted by Crippen LogP contribution is -2.30. The van der Waals surface area contributed by atoms with E-state index in [1.165, 1.54) is 7.11 Å². The van der Waals surface area contributed by atoms with Crippen molar-refractivity contribution in [3.8, 4) is 0 Å². The largest absolute Gasteiger partial charge is 0.465 e. The number of hydrogen-bond donors (Lipinski definition) is 1. The van der Waals surface area contributed by atoms with Gasteiger partial charge in [-0.25, -0.2) is 4.79 Å². The number of nitrogens with two attached hydrogens (primary N) is 1. The molecule has 0 aliphatic rings. The molecule has 0 aromatic carbocycles. The molecule has 0 radical (unpaired) electrons. The molecule has 6 nitrogen and oxygen atoms in total. The van der Waals surface area contributed by atoms with Crippen LogP contribution in [0.25, 0.3) is 0 Å². The Hall–Kier alpha value is -1.82. The van der Waals surface area contributed by atoms with Crippen molar-refractivity contribution in [2.75, 3.05) is 20.7 Å². The SMILES string of the molecule is COC(=O)c1cc(CN(C)CC(N)=O)oc1C. The molecule has 0 aliphatic carbocycles. The Bertz CT molecular complexity index is 425. The van der Waals surface area contributed by atoms with E-state index in [9.17, 15) is 9.59 Å². The summed E-state index contributed by atoms with van der Waals surface area (Å²) in [6, 6.07) is 1.61. The molecule has 0 aliphatic heterocycles. The van der Waals surface area contributed by atoms with Gasteiger partial charge in [-0.2, -0.15) is 0 Å². The van der Waals surface area contributed by atoms with Gasteiger partial charge in [-0.05, 0) is 20.0 Å². The van der Waals surface area contributed by atoms with Crippen LogP contribution < -0.4 is 5.73 Å². The van der Waals surface area contributed by atoms with Crippen LogP contribution in [0.4, 0.5) is 0 Å². The van der Waals surface area contributed by atoms with Crippen LogP contribution in [0.5, 0.6) is 0 Å². The van der Waals surface area contributed by atoms with E-state index in [0.29, 0.717) is 23.6 Å². The Labute approximate surface area is 99.3 Å². The topological polar surface area (TPSA) is 85.8 Å². The van der Waals surface area contributed by atoms with Gasteiger partial charge in [-0.3, -0.25) is 9.69 Å². The number of carbonyl (C=O) groups excluding carboxylic acids is 2. The molecule has 1 aromatic rings. The van der Waals surface area contributed by atoms with Crippen molar-refractivity contribution in [1.29, 1.82) is 0 Å². The lowest BCUT2D eigenvalue weighted by atomic mass is 10.2. The molecule has 0 fully saturated rings. The van der Waals surface area contributed by atoms with Crippen molar-refractivity contribution in [1.82, 2.24) is 4.90 Å². The Morgan fingerprint density at radius 3 is 2.71 bits per heavy atom. The molecule has 94 valence electrons. The molecule has 6 heteroatoms. The van der Waals surface area contributed by atoms with Crippen molar-refractivity contribution in [3.05, 3.63) is 23.2 Å². The molecule has 0 saturated carbocycles. The zero-order valence-electron chi connectivity index (χ0n) is 10.1. The first-order chi connectivity index (χ1) is 7.93. The Balaban J connectivity index is 2.73. The minimum absolute atomic E-state index is 0.132. The quantitative estimate of drug-likeness (QED) is 0.748. The average Bonchev–Trinajstić information content (AvgIpc) is 2.56. The summed E-state index contributed by atoms with van der Waals surface area (Å²) in [5.74, 6) is 0.241. The van der Waals surface area contributed by atoms with E-state index in [2.05, 4.69) is 4.74 Å². The predicted octanol–water partition coefficient (Wildman–Crippen LogP) is 0.292. The first kappa shape index (κ1) is 13.2. The van der Waals surface area contributed by atoms with Gasteiger partial charge < -0.3 is 14.9 Å². The number of primary amides is 1. The summed E-state index contributed by atoms with van der Waals surface area (Å²) in [4.78, 5) is 23.7. The Kier molecular flexibility index (Phi) is 4.28. The normalized spacial score (nSPS) is 10.6. The molecule has 0 bridgehead atoms. The van der Waals surface area contributed by atoms with Crippen molar-refractivity contribution >= 4 is 11.9 Å². The number of esters is 1. The number of ether oxygens (including phenoxy) is 1. The molecule has 1 amide bonds. The Morgan fingerprint density at radius 1 is 1.53 bits per heavy atom. The summed E-state index contributed by atoms with van der Waals surface area (Å²) < 4.78 is 10.0. The van der Waals surface area contributed by atoms with E-state index >= 15 is 0 Å². The van der Waals surface area contributed by atoms with Gasteiger partial charge in [0, 0.05) is 0 Å². The van der Waals surface area contributed by atoms with Crippen LogP contribution in [0.15, 0.2) is 10.5 Å². The minimum Gasteiger partial charge on any atom is -0.465 e. The highest BCUT2D eigenvalue weighted by molar-refractivity contribution is 5.90. The lowest BCUT2D eigenvalue weighted by Gasteiger charge is -2.11. The van der Waals surface area contributed by atoms with Gasteiger partial charge in [-0.1, -0.05) is 0 Å². The highest BCUT2D eigenvalue weighted by atomic mass is 16.5. The van der Waals surface area contributed by atoms with Crippen LogP contribution in [-0.2, 0) is 16.1 Å². The molecule has 1 heterocycles. The van der Waals surface area contributed by atoms with E-state index in [-0.39, 0.29) is 6.54 Å². The number of likely N-dealkylation sites (N-methyl/N-ethyl adjacent to an activating group) is 1. The predicted molar refractivity (Wildman–Crippen MR) is 60.3 cm³/mol. The maximum absolute atomic E-state index is 11.3. The molecule has 1 aromatic heterocycles. The molecule has 1 rings (SSSR count). The number of rotatable bonds is 5. The maximum Gasteiger partial charge on any atom is 0.341 e. The van der Waals surface area contributed by atoms with Crippen LogP contribution in [0.1, 0.15) is 21.9 Å². The number of nitrogens with zero attached hydrogens (tertiary/aromatic N) is 1. The van der Waals surface area contributed by atoms with Crippen molar-refractivity contribution < 1.29 is 18.7 Å². The van der Waals surface area contributed by atoms with Crippen LogP contribution in [0, 0.1) is 6.92 Å². The van der Waals surface area contributed by atoms with Crippen LogP contribution in [0.3, 0.4) is 0 Å². The average molecular weight is 240 g/mol. The second-order valence-corrected chi connectivity index (χ2v) is 3.81. The van der Waals surface area contributed by atoms with Gasteiger partial charge in [0.15, 0.2) is 0 Å². The monoisotopic (exact) mass is 240 g/mol. The summed E-state index contributed by atoms with van der Waals surface area (Å²) in [6.45, 7) is 2.22. The van der Waals surface area contributed by atoms with Gasteiger partial charge in [-0.15, -0.1) is 0 Å². The second-order valence-electron chi connectivity index (χ2n) is 3.81. The summed E-state index contributed by atoms with van der Waals surface area (Å²) in [5.41, 5.74) is 5.46. The molecule has 0 unspecified atom stereocenters. The number of hydrogen-bond acceptors (Lipinski definition) is 5. The first-order valence-corrected chi connectivity index (χ1v) is 5.08. The smallest absolute Gasteiger partial charge is 0.341 e. The summed E-state index contributed by atoms with van der Waals surface area (Å²) in [5, 5.41) is 0. The zero-order valence-corrected chi connectivity index (χ0v) is 10.1. The van der Waals surface area contributed by atoms with Gasteiger partial charge in [0.05, 0.1) is 20.2 Å². The van der Waals surface area contributed by atoms with Crippen LogP contribution in [0.2, 0.25) is 0 Å². The van der Waals surface area contributed by atoms with Gasteiger partial charge in [0.1, 0.15) is 17.1 Å². The third kappa shape index (κ3) is 3.60. The summed E-state index contributed by atoms with van der Waals surface area (Å²) >= 11 is 0. The molecule has 0 spiro atoms. The first-order valence-electron chi connectivity index (χ1n) is 5.08. The molecule has 2 N–H and O–H groups in total. The zero-order chi connectivity index (χ0) is 13.0. The Morgan fingerprint density at radius 2 is 2.18 bits per heavy atom. The molecular formula is C11H16N2O4. The van der Waals surface area contributed by atoms with Crippen LogP contribution in [-0.4, -0.2) is 37.5 Å². The number of methoxy groups -OCH3 is 1. The van der Waals surface area contributed by atoms with E-state index < -0.39 is 11.9 Å². The maximum atomic E-state index is 11.3. The van der Waals surface area contributed by atoms with Gasteiger partial charge in [0.2, 0.25) is 5.91 Å². The fraction of sp³-hybridized carbons (Fsp3) is 0.455. The number of furan rings is 1. The number of aryl methyl sites for hydroxylation is 1. The van der Waals surface area contributed by atoms with E-state index in [0.717, 1.165) is 0 Å². The van der Waals surface area contributed by atoms with Crippen LogP contribution >= 0.6 is 0 Å². The van der Waals surface area contributed by atoms with Gasteiger partial charge in [0.25, 0.3) is 0 Å². The third-order valence-electron chi connectivity index (χ3n) is 2.23. The highest BCUT2D eigenvalue weighted by Crippen LogP contribution is 2.16. The van der Waals surface area contributed by atoms with E-state index in [4.69, 9.17) is 10.2 Å². The second kappa shape index (κ2) is 5.49. The number of carbonyl (C=O) groups is 2. The van der Waals surface area contributed by atoms with E-state index in [1.807, 2.05) is 0 Å². The van der Waals surface area contributed by atoms with Crippen molar-refractivity contribution in [2.45, 2.75) is 13.5 Å².